The summed E-state index contributed by atoms with van der Waals surface area (Å²) in [6.07, 6.45) is 0. The van der Waals surface area contributed by atoms with E-state index in [0.717, 1.165) is 22.2 Å². The largest absolute Gasteiger partial charge is 0.424 e. The van der Waals surface area contributed by atoms with Crippen molar-refractivity contribution >= 4 is 18.5 Å². The van der Waals surface area contributed by atoms with Gasteiger partial charge in [-0.3, -0.25) is 4.52 Å². The van der Waals surface area contributed by atoms with Gasteiger partial charge in [-0.1, -0.05) is 26.0 Å². The summed E-state index contributed by atoms with van der Waals surface area (Å²) in [5, 5.41) is 0. The van der Waals surface area contributed by atoms with E-state index in [4.69, 9.17) is 20.9 Å². The molecule has 1 aromatic rings. The van der Waals surface area contributed by atoms with Crippen LogP contribution in [0.3, 0.4) is 0 Å². The van der Waals surface area contributed by atoms with Crippen LogP contribution < -0.4 is 4.52 Å². The van der Waals surface area contributed by atoms with Gasteiger partial charge in [-0.25, -0.2) is 0 Å². The summed E-state index contributed by atoms with van der Waals surface area (Å²) in [6.45, 7) is 4.01. The fourth-order valence-electron chi connectivity index (χ4n) is 1.78. The fraction of sp³-hybridized carbons (Fsp3) is 0.600. The Morgan fingerprint density at radius 3 is 2.43 bits per heavy atom. The first kappa shape index (κ1) is 18.6. The molecular weight excluding hydrogens is 305 g/mol. The van der Waals surface area contributed by atoms with E-state index in [0.29, 0.717) is 18.3 Å². The molecule has 0 spiro atoms. The van der Waals surface area contributed by atoms with Crippen LogP contribution >= 0.6 is 6.72 Å². The van der Waals surface area contributed by atoms with Gasteiger partial charge in [0.2, 0.25) is 0 Å². The first-order valence-corrected chi connectivity index (χ1v) is 9.67. The number of quaternary nitrogens is 1. The Kier molecular flexibility index (Phi) is 6.38. The van der Waals surface area contributed by atoms with Crippen LogP contribution in [0.25, 0.3) is 0 Å². The first-order valence-electron chi connectivity index (χ1n) is 7.08. The maximum atomic E-state index is 10.2. The van der Waals surface area contributed by atoms with E-state index >= 15 is 0 Å². The lowest BCUT2D eigenvalue weighted by molar-refractivity contribution is -0.870. The van der Waals surface area contributed by atoms with Crippen molar-refractivity contribution in [2.75, 3.05) is 34.3 Å². The van der Waals surface area contributed by atoms with Crippen molar-refractivity contribution in [3.63, 3.8) is 0 Å². The molecule has 21 heavy (non-hydrogen) atoms. The maximum absolute atomic E-state index is 10.2. The molecule has 120 valence electrons. The van der Waals surface area contributed by atoms with E-state index < -0.39 is 6.72 Å². The third-order valence-corrected chi connectivity index (χ3v) is 4.50. The zero-order valence-electron chi connectivity index (χ0n) is 13.8. The number of rotatable bonds is 7. The lowest BCUT2D eigenvalue weighted by Gasteiger charge is -2.25. The molecule has 0 aliphatic rings. The SMILES string of the molecule is Cc1ccc(C(C)C)c(OP(O)(=S)OCC[N+](C)(C)C)c1. The van der Waals surface area contributed by atoms with Gasteiger partial charge in [-0.2, -0.15) is 0 Å². The van der Waals surface area contributed by atoms with Crippen molar-refractivity contribution in [1.29, 1.82) is 0 Å². The summed E-state index contributed by atoms with van der Waals surface area (Å²) in [7, 11) is 6.17. The highest BCUT2D eigenvalue weighted by molar-refractivity contribution is 8.07. The first-order chi connectivity index (χ1) is 9.50. The second-order valence-corrected chi connectivity index (χ2v) is 9.37. The molecule has 1 rings (SSSR count). The zero-order chi connectivity index (χ0) is 16.3. The maximum Gasteiger partial charge on any atom is 0.378 e. The predicted molar refractivity (Wildman–Crippen MR) is 91.3 cm³/mol. The van der Waals surface area contributed by atoms with Crippen LogP contribution in [0.2, 0.25) is 0 Å². The van der Waals surface area contributed by atoms with Crippen LogP contribution in [0, 0.1) is 6.92 Å². The lowest BCUT2D eigenvalue weighted by atomic mass is 10.0. The summed E-state index contributed by atoms with van der Waals surface area (Å²) < 4.78 is 11.8. The van der Waals surface area contributed by atoms with Gasteiger partial charge in [0.15, 0.2) is 0 Å². The molecule has 0 saturated carbocycles. The minimum absolute atomic E-state index is 0.293. The van der Waals surface area contributed by atoms with E-state index in [1.54, 1.807) is 0 Å². The highest BCUT2D eigenvalue weighted by Crippen LogP contribution is 2.46. The highest BCUT2D eigenvalue weighted by atomic mass is 32.5. The minimum Gasteiger partial charge on any atom is -0.424 e. The molecule has 0 aliphatic heterocycles. The van der Waals surface area contributed by atoms with Gasteiger partial charge in [0.25, 0.3) is 0 Å². The number of aryl methyl sites for hydroxylation is 1. The zero-order valence-corrected chi connectivity index (χ0v) is 15.5. The number of nitrogens with zero attached hydrogens (tertiary/aromatic N) is 1. The number of hydrogen-bond donors (Lipinski definition) is 1. The van der Waals surface area contributed by atoms with Crippen molar-refractivity contribution < 1.29 is 18.4 Å². The average molecular weight is 332 g/mol. The fourth-order valence-corrected chi connectivity index (χ4v) is 3.01. The summed E-state index contributed by atoms with van der Waals surface area (Å²) in [5.74, 6) is 0.919. The number of benzene rings is 1. The van der Waals surface area contributed by atoms with Crippen molar-refractivity contribution in [2.24, 2.45) is 0 Å². The smallest absolute Gasteiger partial charge is 0.378 e. The van der Waals surface area contributed by atoms with E-state index in [2.05, 4.69) is 35.0 Å². The van der Waals surface area contributed by atoms with Gasteiger partial charge < -0.3 is 13.9 Å². The van der Waals surface area contributed by atoms with Gasteiger partial charge in [-0.05, 0) is 30.0 Å². The molecule has 1 atom stereocenters. The Morgan fingerprint density at radius 1 is 1.29 bits per heavy atom. The van der Waals surface area contributed by atoms with Crippen LogP contribution in [-0.4, -0.2) is 43.7 Å². The molecule has 0 heterocycles. The minimum atomic E-state index is -3.26. The summed E-state index contributed by atoms with van der Waals surface area (Å²) in [6, 6.07) is 5.94. The Morgan fingerprint density at radius 2 is 1.90 bits per heavy atom. The van der Waals surface area contributed by atoms with Crippen LogP contribution in [-0.2, 0) is 16.3 Å². The topological polar surface area (TPSA) is 38.7 Å². The van der Waals surface area contributed by atoms with Crippen LogP contribution in [0.4, 0.5) is 0 Å². The Hall–Kier alpha value is -0.450. The van der Waals surface area contributed by atoms with E-state index in [1.807, 2.05) is 25.1 Å². The summed E-state index contributed by atoms with van der Waals surface area (Å²) in [5.41, 5.74) is 2.09. The summed E-state index contributed by atoms with van der Waals surface area (Å²) in [4.78, 5) is 10.2. The van der Waals surface area contributed by atoms with Gasteiger partial charge in [0, 0.05) is 11.8 Å². The molecule has 1 N–H and O–H groups in total. The Labute approximate surface area is 133 Å². The molecule has 4 nitrogen and oxygen atoms in total. The normalized spacial score (nSPS) is 15.0. The van der Waals surface area contributed by atoms with Crippen LogP contribution in [0.5, 0.6) is 5.75 Å². The van der Waals surface area contributed by atoms with E-state index in [1.165, 1.54) is 0 Å². The van der Waals surface area contributed by atoms with E-state index in [-0.39, 0.29) is 0 Å². The van der Waals surface area contributed by atoms with Crippen LogP contribution in [0.15, 0.2) is 18.2 Å². The monoisotopic (exact) mass is 332 g/mol. The molecule has 6 heteroatoms. The summed E-state index contributed by atoms with van der Waals surface area (Å²) >= 11 is 5.12. The van der Waals surface area contributed by atoms with E-state index in [9.17, 15) is 4.89 Å². The second kappa shape index (κ2) is 7.21. The number of likely N-dealkylation sites (N-methyl/N-ethyl adjacent to an activating group) is 1. The molecule has 1 unspecified atom stereocenters. The second-order valence-electron chi connectivity index (χ2n) is 6.60. The Bertz CT molecular complexity index is 526. The molecule has 0 saturated heterocycles. The van der Waals surface area contributed by atoms with Crippen molar-refractivity contribution in [3.8, 4) is 5.75 Å². The molecular formula is C15H27NO3PS+. The number of hydrogen-bond acceptors (Lipinski definition) is 3. The third kappa shape index (κ3) is 6.90. The molecule has 0 fully saturated rings. The molecule has 0 amide bonds. The Balaban J connectivity index is 2.79. The average Bonchev–Trinajstić information content (AvgIpc) is 2.25. The quantitative estimate of drug-likeness (QED) is 0.613. The highest BCUT2D eigenvalue weighted by Gasteiger charge is 2.21. The van der Waals surface area contributed by atoms with Crippen molar-refractivity contribution in [1.82, 2.24) is 0 Å². The molecule has 1 aromatic carbocycles. The lowest BCUT2D eigenvalue weighted by Crippen LogP contribution is -2.37. The van der Waals surface area contributed by atoms with Crippen LogP contribution in [0.1, 0.15) is 30.9 Å². The van der Waals surface area contributed by atoms with Gasteiger partial charge in [0.05, 0.1) is 21.1 Å². The molecule has 0 radical (unpaired) electrons. The molecule has 0 aliphatic carbocycles. The molecule has 0 aromatic heterocycles. The van der Waals surface area contributed by atoms with Gasteiger partial charge in [0.1, 0.15) is 18.9 Å². The van der Waals surface area contributed by atoms with Crippen molar-refractivity contribution in [3.05, 3.63) is 29.3 Å². The van der Waals surface area contributed by atoms with Gasteiger partial charge >= 0.3 is 6.72 Å². The van der Waals surface area contributed by atoms with Crippen molar-refractivity contribution in [2.45, 2.75) is 26.7 Å². The third-order valence-electron chi connectivity index (χ3n) is 3.02. The predicted octanol–water partition coefficient (Wildman–Crippen LogP) is 3.44. The standard InChI is InChI=1S/C15H26NO3PS/c1-12(2)14-8-7-13(3)11-15(14)19-20(17,21)18-10-9-16(4,5)6/h7-8,11-12H,9-10H2,1-6H3/p+1. The molecule has 0 bridgehead atoms. The van der Waals surface area contributed by atoms with Gasteiger partial charge in [-0.15, -0.1) is 0 Å².